The molecule has 1 aromatic heterocycles. The lowest BCUT2D eigenvalue weighted by Crippen LogP contribution is -2.12. The van der Waals surface area contributed by atoms with Crippen molar-refractivity contribution >= 4 is 11.9 Å². The molecule has 0 atom stereocenters. The Morgan fingerprint density at radius 2 is 1.95 bits per heavy atom. The summed E-state index contributed by atoms with van der Waals surface area (Å²) in [4.78, 5) is 23.1. The molecule has 0 spiro atoms. The molecule has 1 aliphatic rings. The van der Waals surface area contributed by atoms with Gasteiger partial charge >= 0.3 is 11.9 Å². The third-order valence-corrected chi connectivity index (χ3v) is 2.70. The molecular formula is C13H11N3O4. The van der Waals surface area contributed by atoms with Gasteiger partial charge in [-0.1, -0.05) is 17.3 Å². The van der Waals surface area contributed by atoms with Crippen molar-refractivity contribution in [3.05, 3.63) is 35.7 Å². The quantitative estimate of drug-likeness (QED) is 0.620. The predicted octanol–water partition coefficient (Wildman–Crippen LogP) is 1.37. The van der Waals surface area contributed by atoms with Crippen molar-refractivity contribution < 1.29 is 19.1 Å². The van der Waals surface area contributed by atoms with E-state index in [1.54, 1.807) is 18.2 Å². The van der Waals surface area contributed by atoms with Gasteiger partial charge in [-0.15, -0.1) is 5.10 Å². The number of aromatic nitrogens is 3. The highest BCUT2D eigenvalue weighted by atomic mass is 16.6. The number of carbonyl (C=O) groups excluding carboxylic acids is 2. The third-order valence-electron chi connectivity index (χ3n) is 2.70. The fraction of sp³-hybridized carbons (Fsp3) is 0.231. The molecule has 7 heteroatoms. The Hall–Kier alpha value is -2.70. The van der Waals surface area contributed by atoms with Gasteiger partial charge in [0.1, 0.15) is 11.4 Å². The summed E-state index contributed by atoms with van der Waals surface area (Å²) in [6.07, 6.45) is -0.0405. The molecule has 0 N–H and O–H groups in total. The van der Waals surface area contributed by atoms with Crippen LogP contribution in [0, 0.1) is 0 Å². The summed E-state index contributed by atoms with van der Waals surface area (Å²) >= 11 is 0. The number of carbonyl (C=O) groups is 2. The first-order chi connectivity index (χ1) is 9.58. The Morgan fingerprint density at radius 3 is 2.70 bits per heavy atom. The largest absolute Gasteiger partial charge is 0.489 e. The number of hydrogen-bond donors (Lipinski definition) is 0. The number of benzene rings is 1. The van der Waals surface area contributed by atoms with E-state index in [1.165, 1.54) is 4.68 Å². The van der Waals surface area contributed by atoms with Crippen molar-refractivity contribution in [1.29, 1.82) is 0 Å². The van der Waals surface area contributed by atoms with Crippen molar-refractivity contribution in [3.8, 4) is 11.4 Å². The summed E-state index contributed by atoms with van der Waals surface area (Å²) in [5.74, 6) is -0.991. The summed E-state index contributed by atoms with van der Waals surface area (Å²) < 4.78 is 11.4. The first kappa shape index (κ1) is 12.3. The van der Waals surface area contributed by atoms with Crippen molar-refractivity contribution in [2.75, 3.05) is 0 Å². The number of esters is 2. The molecule has 0 unspecified atom stereocenters. The van der Waals surface area contributed by atoms with Crippen LogP contribution in [0.2, 0.25) is 0 Å². The smallest absolute Gasteiger partial charge is 0.369 e. The fourth-order valence-corrected chi connectivity index (χ4v) is 1.94. The van der Waals surface area contributed by atoms with Crippen molar-refractivity contribution in [1.82, 2.24) is 15.0 Å². The zero-order valence-corrected chi connectivity index (χ0v) is 10.9. The van der Waals surface area contributed by atoms with Gasteiger partial charge < -0.3 is 9.47 Å². The number of fused-ring (bicyclic) bond motifs is 1. The van der Waals surface area contributed by atoms with E-state index in [0.29, 0.717) is 11.4 Å². The summed E-state index contributed by atoms with van der Waals surface area (Å²) in [6, 6.07) is 7.06. The van der Waals surface area contributed by atoms with Crippen LogP contribution in [0.4, 0.5) is 0 Å². The number of nitrogens with zero attached hydrogens (tertiary/aromatic N) is 3. The number of rotatable bonds is 3. The maximum atomic E-state index is 11.7. The topological polar surface area (TPSA) is 83.3 Å². The molecule has 0 bridgehead atoms. The van der Waals surface area contributed by atoms with Crippen molar-refractivity contribution in [2.45, 2.75) is 20.0 Å². The molecular weight excluding hydrogens is 262 g/mol. The lowest BCUT2D eigenvalue weighted by Gasteiger charge is -2.14. The molecule has 0 saturated heterocycles. The fourth-order valence-electron chi connectivity index (χ4n) is 1.94. The standard InChI is InChI=1S/C13H11N3O4/c1-7(2)19-9-6-4-3-5-8(9)16-11-10(14-15-16)12(17)20-13(11)18/h3-7H,1-2H3. The lowest BCUT2D eigenvalue weighted by molar-refractivity contribution is 0.0434. The van der Waals surface area contributed by atoms with Crippen LogP contribution < -0.4 is 4.74 Å². The van der Waals surface area contributed by atoms with Gasteiger partial charge in [0.15, 0.2) is 5.69 Å². The Kier molecular flexibility index (Phi) is 2.74. The van der Waals surface area contributed by atoms with E-state index < -0.39 is 11.9 Å². The Balaban J connectivity index is 2.14. The van der Waals surface area contributed by atoms with Crippen molar-refractivity contribution in [2.24, 2.45) is 0 Å². The van der Waals surface area contributed by atoms with Crippen LogP contribution in [-0.2, 0) is 4.74 Å². The van der Waals surface area contributed by atoms with E-state index in [1.807, 2.05) is 19.9 Å². The van der Waals surface area contributed by atoms with Gasteiger partial charge in [-0.25, -0.2) is 14.3 Å². The highest BCUT2D eigenvalue weighted by molar-refractivity contribution is 6.12. The van der Waals surface area contributed by atoms with Crippen LogP contribution in [0.15, 0.2) is 24.3 Å². The first-order valence-corrected chi connectivity index (χ1v) is 6.06. The maximum Gasteiger partial charge on any atom is 0.369 e. The van der Waals surface area contributed by atoms with E-state index in [4.69, 9.17) is 4.74 Å². The Labute approximate surface area is 114 Å². The number of ether oxygens (including phenoxy) is 2. The van der Waals surface area contributed by atoms with Gasteiger partial charge in [-0.3, -0.25) is 0 Å². The summed E-state index contributed by atoms with van der Waals surface area (Å²) in [6.45, 7) is 3.78. The van der Waals surface area contributed by atoms with Crippen LogP contribution in [0.5, 0.6) is 5.75 Å². The molecule has 0 aliphatic carbocycles. The van der Waals surface area contributed by atoms with Crippen LogP contribution in [0.25, 0.3) is 5.69 Å². The maximum absolute atomic E-state index is 11.7. The molecule has 20 heavy (non-hydrogen) atoms. The predicted molar refractivity (Wildman–Crippen MR) is 66.9 cm³/mol. The van der Waals surface area contributed by atoms with Crippen LogP contribution in [-0.4, -0.2) is 33.0 Å². The van der Waals surface area contributed by atoms with Gasteiger partial charge in [0.25, 0.3) is 0 Å². The van der Waals surface area contributed by atoms with Gasteiger partial charge in [0, 0.05) is 0 Å². The van der Waals surface area contributed by atoms with E-state index in [9.17, 15) is 9.59 Å². The van der Waals surface area contributed by atoms with Crippen molar-refractivity contribution in [3.63, 3.8) is 0 Å². The molecule has 0 radical (unpaired) electrons. The van der Waals surface area contributed by atoms with Crippen LogP contribution in [0.1, 0.15) is 34.8 Å². The Bertz CT molecular complexity index is 705. The highest BCUT2D eigenvalue weighted by Gasteiger charge is 2.37. The second kappa shape index (κ2) is 4.44. The lowest BCUT2D eigenvalue weighted by atomic mass is 10.2. The van der Waals surface area contributed by atoms with Gasteiger partial charge in [0.2, 0.25) is 5.69 Å². The molecule has 2 aromatic rings. The minimum Gasteiger partial charge on any atom is -0.489 e. The number of hydrogen-bond acceptors (Lipinski definition) is 6. The SMILES string of the molecule is CC(C)Oc1ccccc1-n1nnc2c1C(=O)OC2=O. The zero-order valence-electron chi connectivity index (χ0n) is 10.9. The molecule has 0 amide bonds. The average molecular weight is 273 g/mol. The molecule has 0 fully saturated rings. The minimum absolute atomic E-state index is 0.0230. The zero-order chi connectivity index (χ0) is 14.3. The third kappa shape index (κ3) is 1.83. The molecule has 7 nitrogen and oxygen atoms in total. The number of para-hydroxylation sites is 2. The van der Waals surface area contributed by atoms with E-state index in [0.717, 1.165) is 0 Å². The minimum atomic E-state index is -0.779. The average Bonchev–Trinajstić information content (AvgIpc) is 2.93. The van der Waals surface area contributed by atoms with E-state index in [2.05, 4.69) is 15.0 Å². The first-order valence-electron chi connectivity index (χ1n) is 6.06. The highest BCUT2D eigenvalue weighted by Crippen LogP contribution is 2.27. The second-order valence-electron chi connectivity index (χ2n) is 4.51. The second-order valence-corrected chi connectivity index (χ2v) is 4.51. The summed E-state index contributed by atoms with van der Waals surface area (Å²) in [5.41, 5.74) is 0.478. The molecule has 1 aliphatic heterocycles. The van der Waals surface area contributed by atoms with Gasteiger partial charge in [-0.2, -0.15) is 0 Å². The summed E-state index contributed by atoms with van der Waals surface area (Å²) in [7, 11) is 0. The monoisotopic (exact) mass is 273 g/mol. The molecule has 2 heterocycles. The normalized spacial score (nSPS) is 13.6. The van der Waals surface area contributed by atoms with E-state index >= 15 is 0 Å². The summed E-state index contributed by atoms with van der Waals surface area (Å²) in [5, 5.41) is 7.53. The molecule has 102 valence electrons. The Morgan fingerprint density at radius 1 is 1.20 bits per heavy atom. The van der Waals surface area contributed by atoms with Gasteiger partial charge in [-0.05, 0) is 26.0 Å². The van der Waals surface area contributed by atoms with Crippen LogP contribution in [0.3, 0.4) is 0 Å². The van der Waals surface area contributed by atoms with Crippen LogP contribution >= 0.6 is 0 Å². The number of cyclic esters (lactones) is 2. The molecule has 0 saturated carbocycles. The van der Waals surface area contributed by atoms with Gasteiger partial charge in [0.05, 0.1) is 6.10 Å². The van der Waals surface area contributed by atoms with E-state index in [-0.39, 0.29) is 17.5 Å². The molecule has 1 aromatic carbocycles. The molecule has 3 rings (SSSR count).